The SMILES string of the molecule is COCCn1c(C)cc(C2=Nn3cc(-c4ccccc4)nc3SC2)c1C. The highest BCUT2D eigenvalue weighted by atomic mass is 32.2. The molecule has 0 bridgehead atoms. The average molecular weight is 366 g/mol. The predicted molar refractivity (Wildman–Crippen MR) is 106 cm³/mol. The summed E-state index contributed by atoms with van der Waals surface area (Å²) in [6, 6.07) is 12.5. The molecule has 0 radical (unpaired) electrons. The molecule has 134 valence electrons. The second-order valence-corrected chi connectivity index (χ2v) is 7.33. The van der Waals surface area contributed by atoms with Gasteiger partial charge in [0, 0.05) is 41.9 Å². The van der Waals surface area contributed by atoms with Crippen LogP contribution < -0.4 is 0 Å². The van der Waals surface area contributed by atoms with Crippen LogP contribution in [-0.4, -0.2) is 39.4 Å². The van der Waals surface area contributed by atoms with Crippen molar-refractivity contribution < 1.29 is 4.74 Å². The molecular formula is C20H22N4OS. The molecule has 1 aromatic carbocycles. The molecule has 5 nitrogen and oxygen atoms in total. The summed E-state index contributed by atoms with van der Waals surface area (Å²) >= 11 is 1.74. The van der Waals surface area contributed by atoms with Crippen molar-refractivity contribution in [1.29, 1.82) is 0 Å². The van der Waals surface area contributed by atoms with E-state index in [9.17, 15) is 0 Å². The van der Waals surface area contributed by atoms with Gasteiger partial charge in [0.1, 0.15) is 0 Å². The van der Waals surface area contributed by atoms with Crippen LogP contribution in [0, 0.1) is 13.8 Å². The van der Waals surface area contributed by atoms with Crippen LogP contribution >= 0.6 is 11.8 Å². The number of ether oxygens (including phenoxy) is 1. The molecule has 3 aromatic rings. The van der Waals surface area contributed by atoms with Gasteiger partial charge in [0.2, 0.25) is 0 Å². The molecule has 0 aliphatic carbocycles. The fourth-order valence-corrected chi connectivity index (χ4v) is 4.18. The smallest absolute Gasteiger partial charge is 0.189 e. The monoisotopic (exact) mass is 366 g/mol. The first-order chi connectivity index (χ1) is 12.7. The summed E-state index contributed by atoms with van der Waals surface area (Å²) in [6.07, 6.45) is 2.01. The van der Waals surface area contributed by atoms with Crippen molar-refractivity contribution >= 4 is 17.5 Å². The Hall–Kier alpha value is -2.31. The normalized spacial score (nSPS) is 13.6. The van der Waals surface area contributed by atoms with Gasteiger partial charge < -0.3 is 9.30 Å². The Morgan fingerprint density at radius 3 is 2.77 bits per heavy atom. The van der Waals surface area contributed by atoms with Gasteiger partial charge in [-0.05, 0) is 19.9 Å². The molecule has 1 aliphatic heterocycles. The molecule has 0 atom stereocenters. The number of methoxy groups -OCH3 is 1. The highest BCUT2D eigenvalue weighted by molar-refractivity contribution is 7.99. The fourth-order valence-electron chi connectivity index (χ4n) is 3.32. The molecule has 3 heterocycles. The molecule has 0 saturated heterocycles. The van der Waals surface area contributed by atoms with Crippen LogP contribution in [0.4, 0.5) is 0 Å². The molecule has 0 unspecified atom stereocenters. The standard InChI is InChI=1S/C20H22N4OS/c1-14-11-17(15(2)23(14)9-10-25-3)19-13-26-20-21-18(12-24(20)22-19)16-7-5-4-6-8-16/h4-8,11-12H,9-10,13H2,1-3H3. The summed E-state index contributed by atoms with van der Waals surface area (Å²) in [5.74, 6) is 0.833. The molecule has 0 amide bonds. The van der Waals surface area contributed by atoms with Gasteiger partial charge in [-0.2, -0.15) is 5.10 Å². The minimum atomic E-state index is 0.711. The first-order valence-corrected chi connectivity index (χ1v) is 9.67. The number of hydrogen-bond donors (Lipinski definition) is 0. The van der Waals surface area contributed by atoms with E-state index in [-0.39, 0.29) is 0 Å². The number of aromatic nitrogens is 3. The minimum absolute atomic E-state index is 0.711. The van der Waals surface area contributed by atoms with Crippen molar-refractivity contribution in [3.8, 4) is 11.3 Å². The van der Waals surface area contributed by atoms with E-state index in [0.717, 1.165) is 34.4 Å². The third kappa shape index (κ3) is 3.10. The second-order valence-electron chi connectivity index (χ2n) is 6.38. The molecule has 0 N–H and O–H groups in total. The van der Waals surface area contributed by atoms with Gasteiger partial charge in [0.25, 0.3) is 0 Å². The Kier molecular flexibility index (Phi) is 4.70. The predicted octanol–water partition coefficient (Wildman–Crippen LogP) is 3.97. The van der Waals surface area contributed by atoms with Crippen LogP contribution in [0.15, 0.2) is 52.9 Å². The zero-order chi connectivity index (χ0) is 18.1. The molecule has 0 fully saturated rings. The van der Waals surface area contributed by atoms with Crippen LogP contribution in [-0.2, 0) is 11.3 Å². The van der Waals surface area contributed by atoms with Crippen molar-refractivity contribution in [2.75, 3.05) is 19.5 Å². The third-order valence-corrected chi connectivity index (χ3v) is 5.65. The van der Waals surface area contributed by atoms with Crippen molar-refractivity contribution in [1.82, 2.24) is 14.2 Å². The Morgan fingerprint density at radius 2 is 2.00 bits per heavy atom. The highest BCUT2D eigenvalue weighted by Gasteiger charge is 2.21. The van der Waals surface area contributed by atoms with E-state index in [2.05, 4.69) is 36.6 Å². The van der Waals surface area contributed by atoms with Crippen LogP contribution in [0.1, 0.15) is 17.0 Å². The van der Waals surface area contributed by atoms with Crippen molar-refractivity contribution in [3.05, 3.63) is 59.5 Å². The van der Waals surface area contributed by atoms with Crippen LogP contribution in [0.5, 0.6) is 0 Å². The summed E-state index contributed by atoms with van der Waals surface area (Å²) in [5.41, 5.74) is 6.87. The molecule has 6 heteroatoms. The lowest BCUT2D eigenvalue weighted by Gasteiger charge is -2.13. The van der Waals surface area contributed by atoms with E-state index in [1.54, 1.807) is 18.9 Å². The van der Waals surface area contributed by atoms with Crippen molar-refractivity contribution in [2.45, 2.75) is 25.5 Å². The zero-order valence-corrected chi connectivity index (χ0v) is 16.1. The lowest BCUT2D eigenvalue weighted by atomic mass is 10.1. The highest BCUT2D eigenvalue weighted by Crippen LogP contribution is 2.29. The van der Waals surface area contributed by atoms with Crippen LogP contribution in [0.25, 0.3) is 11.3 Å². The number of nitrogens with zero attached hydrogens (tertiary/aromatic N) is 4. The number of imidazole rings is 1. The Balaban J connectivity index is 1.68. The maximum absolute atomic E-state index is 5.23. The maximum atomic E-state index is 5.23. The molecule has 2 aromatic heterocycles. The first-order valence-electron chi connectivity index (χ1n) is 8.69. The molecule has 1 aliphatic rings. The summed E-state index contributed by atoms with van der Waals surface area (Å²) in [7, 11) is 1.74. The van der Waals surface area contributed by atoms with E-state index in [0.29, 0.717) is 6.61 Å². The topological polar surface area (TPSA) is 44.3 Å². The van der Waals surface area contributed by atoms with E-state index in [1.807, 2.05) is 29.1 Å². The number of hydrogen-bond acceptors (Lipinski definition) is 4. The quantitative estimate of drug-likeness (QED) is 0.686. The number of benzene rings is 1. The van der Waals surface area contributed by atoms with Gasteiger partial charge in [-0.15, -0.1) is 0 Å². The molecule has 4 rings (SSSR count). The Bertz CT molecular complexity index is 956. The van der Waals surface area contributed by atoms with E-state index in [4.69, 9.17) is 14.8 Å². The Morgan fingerprint density at radius 1 is 1.19 bits per heavy atom. The summed E-state index contributed by atoms with van der Waals surface area (Å²) < 4.78 is 9.44. The summed E-state index contributed by atoms with van der Waals surface area (Å²) in [4.78, 5) is 4.73. The van der Waals surface area contributed by atoms with Gasteiger partial charge in [-0.1, -0.05) is 42.1 Å². The number of aryl methyl sites for hydroxylation is 1. The number of fused-ring (bicyclic) bond motifs is 1. The molecule has 0 spiro atoms. The lowest BCUT2D eigenvalue weighted by Crippen LogP contribution is -2.14. The van der Waals surface area contributed by atoms with Crippen molar-refractivity contribution in [3.63, 3.8) is 0 Å². The zero-order valence-electron chi connectivity index (χ0n) is 15.3. The van der Waals surface area contributed by atoms with Gasteiger partial charge >= 0.3 is 0 Å². The summed E-state index contributed by atoms with van der Waals surface area (Å²) in [5, 5.41) is 5.81. The second kappa shape index (κ2) is 7.13. The number of thioether (sulfide) groups is 1. The fraction of sp³-hybridized carbons (Fsp3) is 0.300. The Labute approximate surface area is 157 Å². The van der Waals surface area contributed by atoms with Crippen molar-refractivity contribution in [2.24, 2.45) is 5.10 Å². The third-order valence-electron chi connectivity index (χ3n) is 4.70. The van der Waals surface area contributed by atoms with Gasteiger partial charge in [-0.25, -0.2) is 9.66 Å². The summed E-state index contributed by atoms with van der Waals surface area (Å²) in [6.45, 7) is 5.87. The first kappa shape index (κ1) is 17.1. The molecule has 26 heavy (non-hydrogen) atoms. The van der Waals surface area contributed by atoms with E-state index in [1.165, 1.54) is 17.0 Å². The average Bonchev–Trinajstić information content (AvgIpc) is 3.21. The lowest BCUT2D eigenvalue weighted by molar-refractivity contribution is 0.186. The number of rotatable bonds is 5. The maximum Gasteiger partial charge on any atom is 0.189 e. The van der Waals surface area contributed by atoms with Gasteiger partial charge in [0.05, 0.1) is 24.2 Å². The van der Waals surface area contributed by atoms with E-state index >= 15 is 0 Å². The van der Waals surface area contributed by atoms with Gasteiger partial charge in [0.15, 0.2) is 5.16 Å². The van der Waals surface area contributed by atoms with Gasteiger partial charge in [-0.3, -0.25) is 0 Å². The van der Waals surface area contributed by atoms with Crippen LogP contribution in [0.2, 0.25) is 0 Å². The van der Waals surface area contributed by atoms with E-state index < -0.39 is 0 Å². The van der Waals surface area contributed by atoms with Crippen LogP contribution in [0.3, 0.4) is 0 Å². The largest absolute Gasteiger partial charge is 0.383 e. The molecule has 0 saturated carbocycles. The molecular weight excluding hydrogens is 344 g/mol. The minimum Gasteiger partial charge on any atom is -0.383 e.